The molecule has 1 atom stereocenters. The smallest absolute Gasteiger partial charge is 0.243 e. The van der Waals surface area contributed by atoms with Crippen LogP contribution >= 0.6 is 11.6 Å². The van der Waals surface area contributed by atoms with Crippen molar-refractivity contribution in [1.82, 2.24) is 10.2 Å². The zero-order valence-electron chi connectivity index (χ0n) is 26.4. The maximum Gasteiger partial charge on any atom is 0.243 e. The molecule has 3 aromatic carbocycles. The third-order valence-corrected chi connectivity index (χ3v) is 9.76. The van der Waals surface area contributed by atoms with Crippen molar-refractivity contribution in [2.75, 3.05) is 24.2 Å². The van der Waals surface area contributed by atoms with E-state index in [1.165, 1.54) is 17.8 Å². The number of hydrogen-bond donors (Lipinski definition) is 1. The van der Waals surface area contributed by atoms with Crippen molar-refractivity contribution in [3.05, 3.63) is 94.5 Å². The van der Waals surface area contributed by atoms with Crippen LogP contribution in [-0.4, -0.2) is 57.1 Å². The fourth-order valence-electron chi connectivity index (χ4n) is 5.80. The molecule has 1 saturated carbocycles. The zero-order valence-corrected chi connectivity index (χ0v) is 27.9. The number of benzene rings is 3. The van der Waals surface area contributed by atoms with Crippen LogP contribution in [0.4, 0.5) is 5.69 Å². The van der Waals surface area contributed by atoms with Gasteiger partial charge in [0.05, 0.1) is 24.1 Å². The van der Waals surface area contributed by atoms with Crippen LogP contribution in [0.15, 0.2) is 72.8 Å². The summed E-state index contributed by atoms with van der Waals surface area (Å²) in [7, 11) is -2.18. The highest BCUT2D eigenvalue weighted by Crippen LogP contribution is 2.30. The molecular formula is C35H44ClN3O5S. The van der Waals surface area contributed by atoms with E-state index < -0.39 is 16.1 Å². The number of methoxy groups -OCH3 is 1. The molecule has 2 amide bonds. The molecule has 0 unspecified atom stereocenters. The van der Waals surface area contributed by atoms with Crippen LogP contribution in [0.1, 0.15) is 61.6 Å². The molecule has 0 radical (unpaired) electrons. The third kappa shape index (κ3) is 9.96. The largest absolute Gasteiger partial charge is 0.495 e. The third-order valence-electron chi connectivity index (χ3n) is 8.27. The summed E-state index contributed by atoms with van der Waals surface area (Å²) in [5.41, 5.74) is 3.37. The molecule has 0 aliphatic heterocycles. The molecule has 8 nitrogen and oxygen atoms in total. The Bertz CT molecular complexity index is 1530. The highest BCUT2D eigenvalue weighted by Gasteiger charge is 2.32. The Hall–Kier alpha value is -3.56. The summed E-state index contributed by atoms with van der Waals surface area (Å²) in [5.74, 6) is 0.0696. The summed E-state index contributed by atoms with van der Waals surface area (Å²) in [5, 5.41) is 3.55. The minimum Gasteiger partial charge on any atom is -0.495 e. The predicted molar refractivity (Wildman–Crippen MR) is 180 cm³/mol. The lowest BCUT2D eigenvalue weighted by Gasteiger charge is -2.34. The van der Waals surface area contributed by atoms with Gasteiger partial charge in [-0.3, -0.25) is 13.9 Å². The van der Waals surface area contributed by atoms with Gasteiger partial charge in [-0.2, -0.15) is 0 Å². The van der Waals surface area contributed by atoms with Gasteiger partial charge < -0.3 is 15.0 Å². The number of anilines is 1. The highest BCUT2D eigenvalue weighted by molar-refractivity contribution is 7.92. The number of carbonyl (C=O) groups excluding carboxylic acids is 2. The molecule has 0 heterocycles. The molecule has 242 valence electrons. The maximum atomic E-state index is 14.1. The Kier molecular flexibility index (Phi) is 12.3. The van der Waals surface area contributed by atoms with Gasteiger partial charge in [0, 0.05) is 32.0 Å². The number of aryl methyl sites for hydroxylation is 1. The second-order valence-electron chi connectivity index (χ2n) is 11.8. The van der Waals surface area contributed by atoms with Crippen molar-refractivity contribution in [2.45, 2.75) is 76.9 Å². The Morgan fingerprint density at radius 3 is 2.29 bits per heavy atom. The van der Waals surface area contributed by atoms with Crippen LogP contribution in [0, 0.1) is 6.92 Å². The van der Waals surface area contributed by atoms with Crippen LogP contribution in [0.25, 0.3) is 0 Å². The fraction of sp³-hybridized carbons (Fsp3) is 0.429. The minimum absolute atomic E-state index is 0.0593. The summed E-state index contributed by atoms with van der Waals surface area (Å²) in [6.45, 7) is 2.34. The van der Waals surface area contributed by atoms with Crippen molar-refractivity contribution in [3.63, 3.8) is 0 Å². The first kappa shape index (κ1) is 34.3. The number of nitrogens with zero attached hydrogens (tertiary/aromatic N) is 2. The van der Waals surface area contributed by atoms with Crippen molar-refractivity contribution in [3.8, 4) is 5.75 Å². The van der Waals surface area contributed by atoms with E-state index in [0.717, 1.165) is 48.6 Å². The van der Waals surface area contributed by atoms with Crippen molar-refractivity contribution >= 4 is 39.1 Å². The van der Waals surface area contributed by atoms with Crippen LogP contribution in [0.3, 0.4) is 0 Å². The summed E-state index contributed by atoms with van der Waals surface area (Å²) in [4.78, 5) is 29.7. The van der Waals surface area contributed by atoms with Crippen LogP contribution in [0.5, 0.6) is 5.75 Å². The lowest BCUT2D eigenvalue weighted by Crippen LogP contribution is -2.52. The highest BCUT2D eigenvalue weighted by atomic mass is 35.5. The zero-order chi connectivity index (χ0) is 32.4. The monoisotopic (exact) mass is 653 g/mol. The van der Waals surface area contributed by atoms with Gasteiger partial charge in [-0.1, -0.05) is 91.0 Å². The summed E-state index contributed by atoms with van der Waals surface area (Å²) < 4.78 is 32.0. The Labute approximate surface area is 272 Å². The molecular weight excluding hydrogens is 610 g/mol. The van der Waals surface area contributed by atoms with Gasteiger partial charge in [-0.25, -0.2) is 8.42 Å². The molecule has 1 N–H and O–H groups in total. The van der Waals surface area contributed by atoms with E-state index in [4.69, 9.17) is 16.3 Å². The van der Waals surface area contributed by atoms with Crippen molar-refractivity contribution in [2.24, 2.45) is 0 Å². The number of nitrogens with one attached hydrogen (secondary N) is 1. The number of ether oxygens (including phenoxy) is 1. The molecule has 3 aromatic rings. The molecule has 45 heavy (non-hydrogen) atoms. The standard InChI is InChI=1S/C35H44ClN3O5S/c1-26-16-18-28(19-17-26)25-38(32(23-27-11-6-4-7-12-27)35(41)37-29-13-8-5-9-14-29)34(40)15-10-22-39(45(3,42)43)30-20-21-33(44-2)31(36)24-30/h4,6-7,11-12,16-21,24,29,32H,5,8-10,13-15,22-23,25H2,1-3H3,(H,37,41)/t32-/m0/s1. The van der Waals surface area contributed by atoms with E-state index in [2.05, 4.69) is 5.32 Å². The topological polar surface area (TPSA) is 96.0 Å². The normalized spacial score (nSPS) is 14.4. The molecule has 4 rings (SSSR count). The quantitative estimate of drug-likeness (QED) is 0.221. The maximum absolute atomic E-state index is 14.1. The average molecular weight is 654 g/mol. The van der Waals surface area contributed by atoms with Gasteiger partial charge in [0.15, 0.2) is 0 Å². The number of hydrogen-bond acceptors (Lipinski definition) is 5. The van der Waals surface area contributed by atoms with Crippen LogP contribution in [-0.2, 0) is 32.6 Å². The average Bonchev–Trinajstić information content (AvgIpc) is 3.02. The molecule has 0 saturated heterocycles. The second-order valence-corrected chi connectivity index (χ2v) is 14.1. The minimum atomic E-state index is -3.67. The SMILES string of the molecule is COc1ccc(N(CCCC(=O)N(Cc2ccc(C)cc2)[C@@H](Cc2ccccc2)C(=O)NC2CCCCC2)S(C)(=O)=O)cc1Cl. The predicted octanol–water partition coefficient (Wildman–Crippen LogP) is 6.29. The molecule has 1 fully saturated rings. The summed E-state index contributed by atoms with van der Waals surface area (Å²) in [6, 6.07) is 21.8. The van der Waals surface area contributed by atoms with Gasteiger partial charge in [0.1, 0.15) is 11.8 Å². The molecule has 0 spiro atoms. The first-order valence-corrected chi connectivity index (χ1v) is 17.8. The van der Waals surface area contributed by atoms with Gasteiger partial charge in [0.2, 0.25) is 21.8 Å². The summed E-state index contributed by atoms with van der Waals surface area (Å²) in [6.07, 6.45) is 7.02. The number of halogens is 1. The van der Waals surface area contributed by atoms with E-state index >= 15 is 0 Å². The Morgan fingerprint density at radius 1 is 0.978 bits per heavy atom. The number of sulfonamides is 1. The van der Waals surface area contributed by atoms with Crippen molar-refractivity contribution < 1.29 is 22.7 Å². The van der Waals surface area contributed by atoms with Crippen LogP contribution in [0.2, 0.25) is 5.02 Å². The van der Waals surface area contributed by atoms with E-state index in [9.17, 15) is 18.0 Å². The molecule has 0 aromatic heterocycles. The molecule has 1 aliphatic carbocycles. The van der Waals surface area contributed by atoms with Gasteiger partial charge in [-0.15, -0.1) is 0 Å². The first-order valence-electron chi connectivity index (χ1n) is 15.6. The Morgan fingerprint density at radius 2 is 1.67 bits per heavy atom. The number of amides is 2. The van der Waals surface area contributed by atoms with E-state index in [1.807, 2.05) is 61.5 Å². The Balaban J connectivity index is 1.58. The molecule has 10 heteroatoms. The number of carbonyl (C=O) groups is 2. The van der Waals surface area contributed by atoms with Crippen LogP contribution < -0.4 is 14.4 Å². The van der Waals surface area contributed by atoms with Gasteiger partial charge >= 0.3 is 0 Å². The van der Waals surface area contributed by atoms with Crippen molar-refractivity contribution in [1.29, 1.82) is 0 Å². The molecule has 1 aliphatic rings. The first-order chi connectivity index (χ1) is 21.5. The van der Waals surface area contributed by atoms with Gasteiger partial charge in [0.25, 0.3) is 0 Å². The lowest BCUT2D eigenvalue weighted by molar-refractivity contribution is -0.141. The van der Waals surface area contributed by atoms with Gasteiger partial charge in [-0.05, 0) is 55.5 Å². The van der Waals surface area contributed by atoms with E-state index in [0.29, 0.717) is 17.9 Å². The summed E-state index contributed by atoms with van der Waals surface area (Å²) >= 11 is 6.29. The van der Waals surface area contributed by atoms with E-state index in [-0.39, 0.29) is 48.8 Å². The lowest BCUT2D eigenvalue weighted by atomic mass is 9.94. The fourth-order valence-corrected chi connectivity index (χ4v) is 7.01. The second kappa shape index (κ2) is 16.1. The van der Waals surface area contributed by atoms with E-state index in [1.54, 1.807) is 23.1 Å². The molecule has 0 bridgehead atoms. The number of rotatable bonds is 14.